The molecule has 0 aromatic heterocycles. The van der Waals surface area contributed by atoms with Crippen molar-refractivity contribution in [1.82, 2.24) is 0 Å². The summed E-state index contributed by atoms with van der Waals surface area (Å²) in [4.78, 5) is 0. The molecule has 2 aromatic rings. The number of aliphatic hydroxyl groups is 1. The monoisotopic (exact) mass is 262 g/mol. The highest BCUT2D eigenvalue weighted by Crippen LogP contribution is 2.23. The minimum absolute atomic E-state index is 0.200. The SMILES string of the molecule is CCc1ccccc1C(O)Cc1cc(F)cc(F)c1. The molecule has 0 aliphatic heterocycles. The Morgan fingerprint density at radius 1 is 1.05 bits per heavy atom. The van der Waals surface area contributed by atoms with Crippen LogP contribution in [-0.4, -0.2) is 5.11 Å². The van der Waals surface area contributed by atoms with Gasteiger partial charge in [0.1, 0.15) is 11.6 Å². The van der Waals surface area contributed by atoms with Gasteiger partial charge in [0.05, 0.1) is 6.10 Å². The van der Waals surface area contributed by atoms with Gasteiger partial charge in [0.25, 0.3) is 0 Å². The van der Waals surface area contributed by atoms with Gasteiger partial charge in [-0.15, -0.1) is 0 Å². The van der Waals surface area contributed by atoms with Crippen LogP contribution in [0, 0.1) is 11.6 Å². The molecule has 0 aliphatic rings. The van der Waals surface area contributed by atoms with Crippen molar-refractivity contribution in [2.24, 2.45) is 0 Å². The van der Waals surface area contributed by atoms with Gasteiger partial charge in [0.2, 0.25) is 0 Å². The molecule has 1 unspecified atom stereocenters. The summed E-state index contributed by atoms with van der Waals surface area (Å²) in [6.07, 6.45) is 0.258. The van der Waals surface area contributed by atoms with Crippen LogP contribution in [0.1, 0.15) is 29.7 Å². The number of hydrogen-bond acceptors (Lipinski definition) is 1. The lowest BCUT2D eigenvalue weighted by Crippen LogP contribution is -2.05. The lowest BCUT2D eigenvalue weighted by molar-refractivity contribution is 0.177. The molecular weight excluding hydrogens is 246 g/mol. The molecule has 2 rings (SSSR count). The average molecular weight is 262 g/mol. The molecule has 2 aromatic carbocycles. The first kappa shape index (κ1) is 13.7. The van der Waals surface area contributed by atoms with E-state index in [-0.39, 0.29) is 6.42 Å². The predicted octanol–water partition coefficient (Wildman–Crippen LogP) is 3.80. The average Bonchev–Trinajstić information content (AvgIpc) is 2.37. The molecule has 0 saturated carbocycles. The third kappa shape index (κ3) is 3.38. The largest absolute Gasteiger partial charge is 0.388 e. The predicted molar refractivity (Wildman–Crippen MR) is 70.8 cm³/mol. The number of hydrogen-bond donors (Lipinski definition) is 1. The van der Waals surface area contributed by atoms with Crippen LogP contribution >= 0.6 is 0 Å². The maximum Gasteiger partial charge on any atom is 0.126 e. The van der Waals surface area contributed by atoms with Crippen molar-refractivity contribution in [2.45, 2.75) is 25.9 Å². The zero-order valence-corrected chi connectivity index (χ0v) is 10.7. The topological polar surface area (TPSA) is 20.2 Å². The zero-order chi connectivity index (χ0) is 13.8. The highest BCUT2D eigenvalue weighted by atomic mass is 19.1. The highest BCUT2D eigenvalue weighted by Gasteiger charge is 2.13. The fourth-order valence-electron chi connectivity index (χ4n) is 2.24. The van der Waals surface area contributed by atoms with Crippen LogP contribution in [0.25, 0.3) is 0 Å². The van der Waals surface area contributed by atoms with Gasteiger partial charge in [-0.2, -0.15) is 0 Å². The molecule has 1 nitrogen and oxygen atoms in total. The summed E-state index contributed by atoms with van der Waals surface area (Å²) in [5, 5.41) is 10.2. The van der Waals surface area contributed by atoms with Crippen molar-refractivity contribution in [1.29, 1.82) is 0 Å². The summed E-state index contributed by atoms with van der Waals surface area (Å²) in [5.74, 6) is -1.24. The molecule has 1 N–H and O–H groups in total. The van der Waals surface area contributed by atoms with E-state index in [1.165, 1.54) is 12.1 Å². The molecule has 3 heteroatoms. The fourth-order valence-corrected chi connectivity index (χ4v) is 2.24. The smallest absolute Gasteiger partial charge is 0.126 e. The first-order valence-corrected chi connectivity index (χ1v) is 6.31. The highest BCUT2D eigenvalue weighted by molar-refractivity contribution is 5.30. The second-order valence-corrected chi connectivity index (χ2v) is 4.55. The van der Waals surface area contributed by atoms with E-state index in [1.807, 2.05) is 31.2 Å². The molecule has 0 aliphatic carbocycles. The van der Waals surface area contributed by atoms with Crippen molar-refractivity contribution in [3.05, 3.63) is 70.8 Å². The van der Waals surface area contributed by atoms with E-state index < -0.39 is 17.7 Å². The first-order chi connectivity index (χ1) is 9.10. The Hall–Kier alpha value is -1.74. The van der Waals surface area contributed by atoms with Gasteiger partial charge < -0.3 is 5.11 Å². The van der Waals surface area contributed by atoms with Crippen molar-refractivity contribution in [3.63, 3.8) is 0 Å². The number of aliphatic hydroxyl groups excluding tert-OH is 1. The van der Waals surface area contributed by atoms with E-state index in [0.717, 1.165) is 23.6 Å². The molecule has 0 fully saturated rings. The molecule has 0 saturated heterocycles. The summed E-state index contributed by atoms with van der Waals surface area (Å²) >= 11 is 0. The van der Waals surface area contributed by atoms with E-state index in [1.54, 1.807) is 0 Å². The Morgan fingerprint density at radius 3 is 2.32 bits per heavy atom. The van der Waals surface area contributed by atoms with Gasteiger partial charge in [0.15, 0.2) is 0 Å². The van der Waals surface area contributed by atoms with Crippen molar-refractivity contribution < 1.29 is 13.9 Å². The van der Waals surface area contributed by atoms with Gasteiger partial charge in [0, 0.05) is 12.5 Å². The fraction of sp³-hybridized carbons (Fsp3) is 0.250. The molecular formula is C16H16F2O. The molecule has 1 atom stereocenters. The number of rotatable bonds is 4. The maximum atomic E-state index is 13.1. The molecule has 100 valence electrons. The van der Waals surface area contributed by atoms with E-state index in [2.05, 4.69) is 0 Å². The van der Waals surface area contributed by atoms with Crippen LogP contribution in [-0.2, 0) is 12.8 Å². The molecule has 0 bridgehead atoms. The quantitative estimate of drug-likeness (QED) is 0.888. The van der Waals surface area contributed by atoms with E-state index in [9.17, 15) is 13.9 Å². The van der Waals surface area contributed by atoms with Gasteiger partial charge in [-0.05, 0) is 35.2 Å². The third-order valence-electron chi connectivity index (χ3n) is 3.15. The second-order valence-electron chi connectivity index (χ2n) is 4.55. The second kappa shape index (κ2) is 5.93. The Morgan fingerprint density at radius 2 is 1.68 bits per heavy atom. The normalized spacial score (nSPS) is 12.4. The Kier molecular flexibility index (Phi) is 4.27. The molecule has 0 amide bonds. The van der Waals surface area contributed by atoms with Crippen LogP contribution in [0.15, 0.2) is 42.5 Å². The van der Waals surface area contributed by atoms with Crippen molar-refractivity contribution in [3.8, 4) is 0 Å². The van der Waals surface area contributed by atoms with Crippen molar-refractivity contribution in [2.75, 3.05) is 0 Å². The summed E-state index contributed by atoms with van der Waals surface area (Å²) in [6.45, 7) is 2.01. The number of aryl methyl sites for hydroxylation is 1. The zero-order valence-electron chi connectivity index (χ0n) is 10.7. The minimum Gasteiger partial charge on any atom is -0.388 e. The maximum absolute atomic E-state index is 13.1. The van der Waals surface area contributed by atoms with Crippen LogP contribution in [0.2, 0.25) is 0 Å². The molecule has 0 heterocycles. The lowest BCUT2D eigenvalue weighted by atomic mass is 9.96. The molecule has 0 radical (unpaired) electrons. The van der Waals surface area contributed by atoms with E-state index >= 15 is 0 Å². The summed E-state index contributed by atoms with van der Waals surface area (Å²) < 4.78 is 26.2. The number of benzene rings is 2. The number of halogens is 2. The van der Waals surface area contributed by atoms with Gasteiger partial charge in [-0.3, -0.25) is 0 Å². The first-order valence-electron chi connectivity index (χ1n) is 6.31. The van der Waals surface area contributed by atoms with Crippen molar-refractivity contribution >= 4 is 0 Å². The lowest BCUT2D eigenvalue weighted by Gasteiger charge is -2.15. The Labute approximate surface area is 111 Å². The summed E-state index contributed by atoms with van der Waals surface area (Å²) in [6, 6.07) is 10.9. The van der Waals surface area contributed by atoms with Crippen LogP contribution in [0.4, 0.5) is 8.78 Å². The minimum atomic E-state index is -0.752. The summed E-state index contributed by atoms with van der Waals surface area (Å²) in [5.41, 5.74) is 2.32. The Bertz CT molecular complexity index is 546. The van der Waals surface area contributed by atoms with Crippen LogP contribution in [0.3, 0.4) is 0 Å². The Balaban J connectivity index is 2.22. The van der Waals surface area contributed by atoms with Crippen LogP contribution in [0.5, 0.6) is 0 Å². The van der Waals surface area contributed by atoms with E-state index in [4.69, 9.17) is 0 Å². The standard InChI is InChI=1S/C16H16F2O/c1-2-12-5-3-4-6-15(12)16(19)9-11-7-13(17)10-14(18)8-11/h3-8,10,16,19H,2,9H2,1H3. The summed E-state index contributed by atoms with van der Waals surface area (Å²) in [7, 11) is 0. The van der Waals surface area contributed by atoms with Gasteiger partial charge >= 0.3 is 0 Å². The van der Waals surface area contributed by atoms with Crippen LogP contribution < -0.4 is 0 Å². The third-order valence-corrected chi connectivity index (χ3v) is 3.15. The molecule has 19 heavy (non-hydrogen) atoms. The van der Waals surface area contributed by atoms with Gasteiger partial charge in [-0.1, -0.05) is 31.2 Å². The molecule has 0 spiro atoms. The van der Waals surface area contributed by atoms with E-state index in [0.29, 0.717) is 5.56 Å². The van der Waals surface area contributed by atoms with Gasteiger partial charge in [-0.25, -0.2) is 8.78 Å².